The average Bonchev–Trinajstić information content (AvgIpc) is 1.57. The number of aromatic hydroxyl groups is 1. The van der Waals surface area contributed by atoms with Crippen molar-refractivity contribution < 1.29 is 101 Å². The number of phenols is 1. The van der Waals surface area contributed by atoms with E-state index in [1.54, 1.807) is 106 Å². The molecule has 0 unspecified atom stereocenters. The number of likely N-dealkylation sites (N-methyl/N-ethyl adjacent to an activating group) is 2. The Morgan fingerprint density at radius 3 is 1.97 bits per heavy atom. The van der Waals surface area contributed by atoms with Crippen LogP contribution in [0, 0.1) is 29.5 Å². The molecule has 674 valence electrons. The quantitative estimate of drug-likeness (QED) is 0.00832. The minimum Gasteiger partial charge on any atom is -0.506 e. The van der Waals surface area contributed by atoms with E-state index in [0.29, 0.717) is 40.7 Å². The van der Waals surface area contributed by atoms with Gasteiger partial charge >= 0.3 is 24.0 Å². The summed E-state index contributed by atoms with van der Waals surface area (Å²) < 4.78 is 39.6. The van der Waals surface area contributed by atoms with E-state index >= 15 is 4.39 Å². The highest BCUT2D eigenvalue weighted by Gasteiger charge is 2.47. The van der Waals surface area contributed by atoms with E-state index in [1.165, 1.54) is 61.1 Å². The van der Waals surface area contributed by atoms with Crippen LogP contribution in [0.15, 0.2) is 46.6 Å². The van der Waals surface area contributed by atoms with Crippen LogP contribution in [0.1, 0.15) is 219 Å². The number of nitrogens with zero attached hydrogens (tertiary/aromatic N) is 5. The summed E-state index contributed by atoms with van der Waals surface area (Å²) >= 11 is 1.03. The van der Waals surface area contributed by atoms with E-state index in [2.05, 4.69) is 52.8 Å². The van der Waals surface area contributed by atoms with Crippen LogP contribution in [0.5, 0.6) is 11.5 Å². The minimum atomic E-state index is -2.04. The number of hydrogen-bond donors (Lipinski definition) is 12. The molecule has 7 rings (SSSR count). The number of amides is 10. The van der Waals surface area contributed by atoms with E-state index in [0.717, 1.165) is 16.9 Å². The number of pyridine rings is 2. The number of rotatable bonds is 41. The number of esters is 2. The Hall–Kier alpha value is -11.2. The van der Waals surface area contributed by atoms with Crippen LogP contribution in [-0.2, 0) is 98.5 Å². The first kappa shape index (κ1) is 98.9. The van der Waals surface area contributed by atoms with Gasteiger partial charge in [0.15, 0.2) is 23.3 Å². The van der Waals surface area contributed by atoms with Gasteiger partial charge < -0.3 is 91.6 Å². The number of thiazole rings is 1. The number of cyclic esters (lactones) is 1. The maximum atomic E-state index is 15.9. The van der Waals surface area contributed by atoms with E-state index in [-0.39, 0.29) is 121 Å². The molecule has 5 heterocycles. The number of carboxylic acid groups (broad SMARTS) is 1. The maximum Gasteiger partial charge on any atom is 0.408 e. The first-order valence-corrected chi connectivity index (χ1v) is 42.3. The zero-order valence-corrected chi connectivity index (χ0v) is 74.8. The number of anilines is 1. The predicted molar refractivity (Wildman–Crippen MR) is 454 cm³/mol. The summed E-state index contributed by atoms with van der Waals surface area (Å²) in [5, 5.41) is 58.2. The van der Waals surface area contributed by atoms with Crippen molar-refractivity contribution in [3.63, 3.8) is 0 Å². The average molecular weight is 1740 g/mol. The smallest absolute Gasteiger partial charge is 0.408 e. The number of fused-ring (bicyclic) bond motifs is 5. The minimum absolute atomic E-state index is 0.0329. The van der Waals surface area contributed by atoms with Gasteiger partial charge in [-0.1, -0.05) is 81.7 Å². The van der Waals surface area contributed by atoms with Gasteiger partial charge in [-0.25, -0.2) is 23.9 Å². The Bertz CT molecular complexity index is 4850. The molecule has 5 aromatic rings. The Balaban J connectivity index is 0.936. The lowest BCUT2D eigenvalue weighted by atomic mass is 9.86. The molecule has 0 fully saturated rings. The van der Waals surface area contributed by atoms with Gasteiger partial charge in [0, 0.05) is 73.3 Å². The lowest BCUT2D eigenvalue weighted by Gasteiger charge is -2.38. The molecule has 2 aliphatic heterocycles. The molecule has 0 radical (unpaired) electrons. The molecule has 35 nitrogen and oxygen atoms in total. The number of aryl methyl sites for hydroxylation is 1. The molecule has 11 atom stereocenters. The molecular formula is C86H121FN14O21S. The molecule has 0 saturated heterocycles. The molecule has 2 aromatic carbocycles. The normalized spacial score (nSPS) is 16.1. The van der Waals surface area contributed by atoms with Crippen LogP contribution in [0.3, 0.4) is 0 Å². The molecule has 2 aliphatic rings. The number of aliphatic carboxylic acids is 1. The zero-order chi connectivity index (χ0) is 91.9. The maximum absolute atomic E-state index is 15.9. The number of aromatic nitrogens is 3. The van der Waals surface area contributed by atoms with Gasteiger partial charge in [0.25, 0.3) is 11.5 Å². The number of carbonyl (C=O) groups is 13. The van der Waals surface area contributed by atoms with E-state index in [9.17, 15) is 82.4 Å². The number of carboxylic acids is 1. The zero-order valence-electron chi connectivity index (χ0n) is 74.0. The summed E-state index contributed by atoms with van der Waals surface area (Å²) in [6.07, 6.45) is -2.45. The second-order valence-electron chi connectivity index (χ2n) is 34.1. The van der Waals surface area contributed by atoms with Crippen molar-refractivity contribution in [3.05, 3.63) is 96.5 Å². The van der Waals surface area contributed by atoms with Crippen LogP contribution in [0.25, 0.3) is 22.3 Å². The number of aliphatic hydroxyl groups is 1. The summed E-state index contributed by atoms with van der Waals surface area (Å²) in [5.74, 6) is -11.9. The van der Waals surface area contributed by atoms with Crippen molar-refractivity contribution in [3.8, 4) is 22.9 Å². The monoisotopic (exact) mass is 1740 g/mol. The highest BCUT2D eigenvalue weighted by atomic mass is 32.1. The number of carbonyl (C=O) groups excluding carboxylic acids is 12. The van der Waals surface area contributed by atoms with Gasteiger partial charge in [-0.05, 0) is 154 Å². The standard InChI is InChI=1S/C86H121FN14O21S/c1-22-45(10)70(98-81(115)85(17,18)99(19)20)80(114)100(21)61(42(4)5)38-65(121-48(13)102)78-94-60(41-123-78)75(110)91-50(26-30-67(105)106)33-49-25-28-63(103)59(34-49)93-73(108)47(12)90-76(111)68(43(6)7)96-66(104)29-27-57(95-83(117)122-84(14,15)16)74(109)97-69(44(8)9)77(112)89-46(11)72(107)88-31-32-119-64-35-52-51(23-2)53-39-101-62(71(53)92-58(52)37-56(64)87)36-55-54(79(101)113)40-120-82(116)86(55,118)24-3/h25,28,34-37,41-47,50,57,61,65,68-70,103,118H,22-24,26-27,29-33,38-40H2,1-21H3,(H,88,107)(H,89,112)(H,90,111)(H,91,110)(H,93,108)(H,95,117)(H,96,104)(H,97,109)(H,98,115)(H,105,106)/t45-,46-,47-,50+,57-,61+,65+,68-,69-,70-,86-/m0/s1. The number of halogens is 1. The van der Waals surface area contributed by atoms with E-state index in [4.69, 9.17) is 23.9 Å². The highest BCUT2D eigenvalue weighted by molar-refractivity contribution is 7.09. The molecule has 0 aliphatic carbocycles. The predicted octanol–water partition coefficient (Wildman–Crippen LogP) is 6.60. The fraction of sp³-hybridized carbons (Fsp3) is 0.581. The Morgan fingerprint density at radius 2 is 1.38 bits per heavy atom. The second-order valence-corrected chi connectivity index (χ2v) is 35.0. The van der Waals surface area contributed by atoms with Gasteiger partial charge in [-0.15, -0.1) is 11.3 Å². The first-order chi connectivity index (χ1) is 57.5. The van der Waals surface area contributed by atoms with Crippen LogP contribution < -0.4 is 58.1 Å². The number of benzene rings is 2. The number of phenolic OH excluding ortho intramolecular Hbond substituents is 1. The lowest BCUT2D eigenvalue weighted by molar-refractivity contribution is -0.172. The van der Waals surface area contributed by atoms with Crippen LogP contribution in [0.2, 0.25) is 0 Å². The Morgan fingerprint density at radius 1 is 0.740 bits per heavy atom. The van der Waals surface area contributed by atoms with Crippen LogP contribution in [-0.4, -0.2) is 211 Å². The third-order valence-electron chi connectivity index (χ3n) is 22.2. The van der Waals surface area contributed by atoms with Crippen LogP contribution >= 0.6 is 11.3 Å². The molecule has 10 amide bonds. The number of hydrogen-bond acceptors (Lipinski definition) is 24. The number of alkyl carbamates (subject to hydrolysis) is 1. The third-order valence-corrected chi connectivity index (χ3v) is 23.2. The molecular weight excluding hydrogens is 1620 g/mol. The Labute approximate surface area is 719 Å². The fourth-order valence-electron chi connectivity index (χ4n) is 14.2. The van der Waals surface area contributed by atoms with Crippen LogP contribution in [0.4, 0.5) is 14.9 Å². The molecule has 123 heavy (non-hydrogen) atoms. The van der Waals surface area contributed by atoms with Gasteiger partial charge in [0.05, 0.1) is 46.8 Å². The van der Waals surface area contributed by atoms with Crippen molar-refractivity contribution in [2.75, 3.05) is 39.6 Å². The summed E-state index contributed by atoms with van der Waals surface area (Å²) in [6, 6.07) is -0.600. The van der Waals surface area contributed by atoms with Gasteiger partial charge in [-0.2, -0.15) is 0 Å². The summed E-state index contributed by atoms with van der Waals surface area (Å²) in [6.45, 7) is 29.2. The van der Waals surface area contributed by atoms with Crippen molar-refractivity contribution in [2.24, 2.45) is 23.7 Å². The summed E-state index contributed by atoms with van der Waals surface area (Å²) in [4.78, 5) is 203. The lowest BCUT2D eigenvalue weighted by Crippen LogP contribution is -2.60. The van der Waals surface area contributed by atoms with Crippen molar-refractivity contribution in [2.45, 2.75) is 267 Å². The van der Waals surface area contributed by atoms with Crippen molar-refractivity contribution in [1.82, 2.24) is 66.9 Å². The second kappa shape index (κ2) is 42.2. The first-order valence-electron chi connectivity index (χ1n) is 41.4. The van der Waals surface area contributed by atoms with Crippen molar-refractivity contribution in [1.29, 1.82) is 0 Å². The van der Waals surface area contributed by atoms with Gasteiger partial charge in [-0.3, -0.25) is 62.4 Å². The number of ether oxygens (including phenoxy) is 4. The molecule has 0 bridgehead atoms. The van der Waals surface area contributed by atoms with Gasteiger partial charge in [0.1, 0.15) is 71.5 Å². The molecule has 3 aromatic heterocycles. The topological polar surface area (TPSA) is 482 Å². The van der Waals surface area contributed by atoms with E-state index in [1.807, 2.05) is 34.6 Å². The highest BCUT2D eigenvalue weighted by Crippen LogP contribution is 2.42. The fourth-order valence-corrected chi connectivity index (χ4v) is 15.0. The van der Waals surface area contributed by atoms with Crippen molar-refractivity contribution >= 4 is 105 Å². The van der Waals surface area contributed by atoms with E-state index < -0.39 is 178 Å². The molecule has 12 N–H and O–H groups in total. The summed E-state index contributed by atoms with van der Waals surface area (Å²) in [7, 11) is 5.16. The molecule has 0 saturated carbocycles. The molecule has 37 heteroatoms. The molecule has 0 spiro atoms. The SMILES string of the molecule is CCc1c2c(nc3cc(F)c(OCCNC(=O)[C@H](C)NC(=O)[C@@H](NC(=O)[C@H](CCC(=O)N[C@H](C(=O)N[C@@H](C)C(=O)Nc4cc(C[C@@H](CCC(=O)O)NC(=O)c5csc([C@@H](C[C@H](C(C)C)N(C)C(=O)[C@@H](NC(=O)C(C)(C)N(C)C)[C@@H](C)CC)OC(C)=O)n5)ccc4O)C(C)C)NC(=O)OC(C)(C)C)C(C)C)cc13)-c1cc3c(c(=O)n1C2)COC(=O)[C@]3(O)CC. The third kappa shape index (κ3) is 25.0. The largest absolute Gasteiger partial charge is 0.506 e. The summed E-state index contributed by atoms with van der Waals surface area (Å²) in [5.41, 5.74) is -1.51. The number of nitrogens with one attached hydrogen (secondary N) is 9. The van der Waals surface area contributed by atoms with Gasteiger partial charge in [0.2, 0.25) is 47.3 Å². The Kier molecular flexibility index (Phi) is 34.0.